The summed E-state index contributed by atoms with van der Waals surface area (Å²) in [5.41, 5.74) is 10.0. The molecular formula is C21H16ClN5O2. The van der Waals surface area contributed by atoms with Crippen molar-refractivity contribution in [2.24, 2.45) is 0 Å². The lowest BCUT2D eigenvalue weighted by atomic mass is 10.1. The van der Waals surface area contributed by atoms with E-state index in [9.17, 15) is 4.79 Å². The fraction of sp³-hybridized carbons (Fsp3) is 0.0952. The van der Waals surface area contributed by atoms with Gasteiger partial charge in [-0.1, -0.05) is 23.2 Å². The number of nitrogens with zero attached hydrogens (tertiary/aromatic N) is 3. The normalized spacial score (nSPS) is 11.6. The molecule has 0 bridgehead atoms. The van der Waals surface area contributed by atoms with Crippen molar-refractivity contribution in [3.8, 4) is 17.1 Å². The van der Waals surface area contributed by atoms with Crippen molar-refractivity contribution >= 4 is 39.3 Å². The van der Waals surface area contributed by atoms with E-state index in [0.717, 1.165) is 27.8 Å². The number of hydrogen-bond donors (Lipinski definition) is 2. The largest absolute Gasteiger partial charge is 0.454 e. The predicted molar refractivity (Wildman–Crippen MR) is 114 cm³/mol. The zero-order valence-electron chi connectivity index (χ0n) is 15.7. The monoisotopic (exact) mass is 405 g/mol. The Kier molecular flexibility index (Phi) is 3.75. The smallest absolute Gasteiger partial charge is 0.292 e. The molecule has 0 atom stereocenters. The number of nitrogen functional groups attached to an aromatic ring is 1. The standard InChI is InChI=1S/C21H16ClN5O2/c1-10-3-8-15-14(9-10)11(2)19(29-15)18-16-17(21(28)25-24-20(16)23)26-27(18)13-6-4-12(22)5-7-13/h3-9H,1-2H3,(H2,23,24)(H,25,28). The van der Waals surface area contributed by atoms with E-state index in [2.05, 4.69) is 21.4 Å². The maximum Gasteiger partial charge on any atom is 0.292 e. The van der Waals surface area contributed by atoms with Crippen molar-refractivity contribution in [1.82, 2.24) is 20.0 Å². The third kappa shape index (κ3) is 2.62. The van der Waals surface area contributed by atoms with Gasteiger partial charge in [0.1, 0.15) is 11.3 Å². The van der Waals surface area contributed by atoms with Crippen molar-refractivity contribution in [2.45, 2.75) is 13.8 Å². The summed E-state index contributed by atoms with van der Waals surface area (Å²) in [5.74, 6) is 0.757. The summed E-state index contributed by atoms with van der Waals surface area (Å²) >= 11 is 6.05. The molecule has 3 aromatic heterocycles. The van der Waals surface area contributed by atoms with Crippen molar-refractivity contribution < 1.29 is 4.42 Å². The molecule has 5 aromatic rings. The fourth-order valence-corrected chi connectivity index (χ4v) is 3.70. The van der Waals surface area contributed by atoms with E-state index in [1.165, 1.54) is 0 Å². The molecule has 29 heavy (non-hydrogen) atoms. The SMILES string of the molecule is Cc1ccc2oc(-c3c4c(N)n[nH]c(=O)c4nn3-c3ccc(Cl)cc3)c(C)c2c1. The van der Waals surface area contributed by atoms with Gasteiger partial charge in [0.15, 0.2) is 17.1 Å². The first kappa shape index (κ1) is 17.5. The average Bonchev–Trinajstić information content (AvgIpc) is 3.25. The fourth-order valence-electron chi connectivity index (χ4n) is 3.58. The van der Waals surface area contributed by atoms with E-state index in [4.69, 9.17) is 21.8 Å². The van der Waals surface area contributed by atoms with Crippen molar-refractivity contribution in [3.05, 3.63) is 69.0 Å². The highest BCUT2D eigenvalue weighted by atomic mass is 35.5. The predicted octanol–water partition coefficient (Wildman–Crippen LogP) is 4.37. The summed E-state index contributed by atoms with van der Waals surface area (Å²) in [4.78, 5) is 12.4. The average molecular weight is 406 g/mol. The quantitative estimate of drug-likeness (QED) is 0.453. The molecule has 144 valence electrons. The summed E-state index contributed by atoms with van der Waals surface area (Å²) < 4.78 is 7.85. The molecule has 5 rings (SSSR count). The van der Waals surface area contributed by atoms with Crippen LogP contribution in [0.15, 0.2) is 51.7 Å². The number of H-pyrrole nitrogens is 1. The van der Waals surface area contributed by atoms with Crippen molar-refractivity contribution in [3.63, 3.8) is 0 Å². The van der Waals surface area contributed by atoms with Crippen molar-refractivity contribution in [2.75, 3.05) is 5.73 Å². The van der Waals surface area contributed by atoms with Crippen LogP contribution in [0, 0.1) is 13.8 Å². The van der Waals surface area contributed by atoms with Gasteiger partial charge in [0, 0.05) is 16.0 Å². The van der Waals surface area contributed by atoms with Gasteiger partial charge in [0.2, 0.25) is 0 Å². The summed E-state index contributed by atoms with van der Waals surface area (Å²) in [7, 11) is 0. The van der Waals surface area contributed by atoms with Gasteiger partial charge in [-0.25, -0.2) is 9.78 Å². The summed E-state index contributed by atoms with van der Waals surface area (Å²) in [5, 5.41) is 12.9. The zero-order valence-corrected chi connectivity index (χ0v) is 16.4. The molecule has 0 fully saturated rings. The second-order valence-corrected chi connectivity index (χ2v) is 7.39. The summed E-state index contributed by atoms with van der Waals surface area (Å²) in [6, 6.07) is 13.1. The van der Waals surface area contributed by atoms with E-state index in [0.29, 0.717) is 21.9 Å². The summed E-state index contributed by atoms with van der Waals surface area (Å²) in [6.45, 7) is 4.00. The number of furan rings is 1. The number of fused-ring (bicyclic) bond motifs is 2. The van der Waals surface area contributed by atoms with Gasteiger partial charge in [0.05, 0.1) is 11.1 Å². The molecule has 0 saturated heterocycles. The number of aromatic nitrogens is 4. The van der Waals surface area contributed by atoms with Gasteiger partial charge in [0.25, 0.3) is 5.56 Å². The molecule has 0 spiro atoms. The third-order valence-electron chi connectivity index (χ3n) is 5.01. The number of hydrogen-bond acceptors (Lipinski definition) is 5. The van der Waals surface area contributed by atoms with Crippen LogP contribution in [0.25, 0.3) is 39.0 Å². The minimum absolute atomic E-state index is 0.172. The molecule has 2 aromatic carbocycles. The minimum Gasteiger partial charge on any atom is -0.454 e. The molecule has 0 aliphatic rings. The number of anilines is 1. The van der Waals surface area contributed by atoms with E-state index < -0.39 is 5.56 Å². The Hall–Kier alpha value is -3.58. The Balaban J connectivity index is 1.93. The third-order valence-corrected chi connectivity index (χ3v) is 5.26. The van der Waals surface area contributed by atoms with Crippen LogP contribution in [0.1, 0.15) is 11.1 Å². The molecule has 0 saturated carbocycles. The minimum atomic E-state index is -0.423. The molecule has 0 radical (unpaired) electrons. The number of benzene rings is 2. The van der Waals surface area contributed by atoms with Crippen molar-refractivity contribution in [1.29, 1.82) is 0 Å². The molecule has 3 N–H and O–H groups in total. The first-order valence-electron chi connectivity index (χ1n) is 8.97. The van der Waals surface area contributed by atoms with Gasteiger partial charge in [-0.15, -0.1) is 0 Å². The van der Waals surface area contributed by atoms with Gasteiger partial charge < -0.3 is 10.2 Å². The van der Waals surface area contributed by atoms with E-state index in [-0.39, 0.29) is 11.3 Å². The van der Waals surface area contributed by atoms with Gasteiger partial charge in [-0.2, -0.15) is 10.2 Å². The Morgan fingerprint density at radius 1 is 1.14 bits per heavy atom. The van der Waals surface area contributed by atoms with E-state index in [1.807, 2.05) is 38.1 Å². The van der Waals surface area contributed by atoms with Crippen LogP contribution < -0.4 is 11.3 Å². The van der Waals surface area contributed by atoms with Crippen LogP contribution in [0.3, 0.4) is 0 Å². The van der Waals surface area contributed by atoms with Crippen LogP contribution in [-0.2, 0) is 0 Å². The van der Waals surface area contributed by atoms with Gasteiger partial charge in [-0.3, -0.25) is 4.79 Å². The van der Waals surface area contributed by atoms with Crippen LogP contribution >= 0.6 is 11.6 Å². The molecule has 0 unspecified atom stereocenters. The lowest BCUT2D eigenvalue weighted by molar-refractivity contribution is 0.622. The maximum absolute atomic E-state index is 12.4. The van der Waals surface area contributed by atoms with Crippen LogP contribution in [-0.4, -0.2) is 20.0 Å². The Morgan fingerprint density at radius 3 is 2.66 bits per heavy atom. The number of nitrogens with two attached hydrogens (primary N) is 1. The molecule has 0 aliphatic carbocycles. The Bertz CT molecular complexity index is 1460. The van der Waals surface area contributed by atoms with Gasteiger partial charge in [-0.05, 0) is 50.2 Å². The van der Waals surface area contributed by atoms with E-state index >= 15 is 0 Å². The molecule has 3 heterocycles. The zero-order chi connectivity index (χ0) is 20.3. The first-order chi connectivity index (χ1) is 13.9. The number of aromatic amines is 1. The van der Waals surface area contributed by atoms with E-state index in [1.54, 1.807) is 16.8 Å². The highest BCUT2D eigenvalue weighted by molar-refractivity contribution is 6.30. The second kappa shape index (κ2) is 6.22. The lowest BCUT2D eigenvalue weighted by Crippen LogP contribution is -2.10. The van der Waals surface area contributed by atoms with Crippen LogP contribution in [0.4, 0.5) is 5.82 Å². The Morgan fingerprint density at radius 2 is 1.90 bits per heavy atom. The van der Waals surface area contributed by atoms with Crippen LogP contribution in [0.5, 0.6) is 0 Å². The van der Waals surface area contributed by atoms with Gasteiger partial charge >= 0.3 is 0 Å². The highest BCUT2D eigenvalue weighted by Crippen LogP contribution is 2.39. The number of aryl methyl sites for hydroxylation is 2. The number of nitrogens with one attached hydrogen (secondary N) is 1. The van der Waals surface area contributed by atoms with Crippen LogP contribution in [0.2, 0.25) is 5.02 Å². The molecular weight excluding hydrogens is 390 g/mol. The molecule has 8 heteroatoms. The first-order valence-corrected chi connectivity index (χ1v) is 9.35. The highest BCUT2D eigenvalue weighted by Gasteiger charge is 2.25. The Labute approximate surface area is 169 Å². The lowest BCUT2D eigenvalue weighted by Gasteiger charge is -2.07. The number of rotatable bonds is 2. The topological polar surface area (TPSA) is 103 Å². The summed E-state index contributed by atoms with van der Waals surface area (Å²) in [6.07, 6.45) is 0. The molecule has 0 amide bonds. The maximum atomic E-state index is 12.4. The second-order valence-electron chi connectivity index (χ2n) is 6.95. The number of halogens is 1. The molecule has 0 aliphatic heterocycles. The molecule has 7 nitrogen and oxygen atoms in total.